The van der Waals surface area contributed by atoms with Crippen molar-refractivity contribution in [3.05, 3.63) is 11.5 Å². The summed E-state index contributed by atoms with van der Waals surface area (Å²) in [5, 5.41) is 19.5. The number of hydrogen-bond donors (Lipinski definition) is 2. The Hall–Kier alpha value is -1.69. The fraction of sp³-hybridized carbons (Fsp3) is 0.500. The van der Waals surface area contributed by atoms with Crippen molar-refractivity contribution in [2.45, 2.75) is 24.9 Å². The van der Waals surface area contributed by atoms with E-state index in [1.54, 1.807) is 0 Å². The van der Waals surface area contributed by atoms with Crippen LogP contribution < -0.4 is 21.7 Å². The molecule has 0 aromatic heterocycles. The Morgan fingerprint density at radius 3 is 1.11 bits per heavy atom. The summed E-state index contributed by atoms with van der Waals surface area (Å²) in [7, 11) is 0. The molecule has 10 nitrogen and oxygen atoms in total. The van der Waals surface area contributed by atoms with Gasteiger partial charge < -0.3 is 42.7 Å². The fourth-order valence-electron chi connectivity index (χ4n) is 0.569. The van der Waals surface area contributed by atoms with Crippen LogP contribution in [0.15, 0.2) is 0 Å². The third kappa shape index (κ3) is 16.3. The van der Waals surface area contributed by atoms with Gasteiger partial charge in [0.25, 0.3) is 0 Å². The van der Waals surface area contributed by atoms with Crippen LogP contribution in [0.5, 0.6) is 0 Å². The number of carbonyl (C=O) groups excluding carboxylic acids is 4. The molecule has 6 N–H and O–H groups in total. The molecule has 0 fully saturated rings. The average Bonchev–Trinajstić information content (AvgIpc) is 2.16. The maximum Gasteiger partial charge on any atom is 2.00 e. The van der Waals surface area contributed by atoms with Gasteiger partial charge in [-0.05, 0) is 0 Å². The van der Waals surface area contributed by atoms with E-state index in [1.807, 2.05) is 0 Å². The van der Waals surface area contributed by atoms with Crippen LogP contribution in [0.4, 0.5) is 0 Å². The van der Waals surface area contributed by atoms with E-state index < -0.39 is 48.7 Å². The first-order valence-corrected chi connectivity index (χ1v) is 4.48. The predicted molar refractivity (Wildman–Crippen MR) is 53.9 cm³/mol. The molecule has 0 heterocycles. The topological polar surface area (TPSA) is 214 Å². The Bertz CT molecular complexity index is 305. The summed E-state index contributed by atoms with van der Waals surface area (Å²) in [6.07, 6.45) is -0.968. The smallest absolute Gasteiger partial charge is 0.669 e. The predicted octanol–water partition coefficient (Wildman–Crippen LogP) is -3.94. The van der Waals surface area contributed by atoms with Crippen LogP contribution in [0.3, 0.4) is 0 Å². The van der Waals surface area contributed by atoms with Crippen molar-refractivity contribution in [1.82, 2.24) is 0 Å². The molecular weight excluding hydrogens is 307 g/mol. The van der Waals surface area contributed by atoms with Crippen molar-refractivity contribution in [3.8, 4) is 0 Å². The van der Waals surface area contributed by atoms with Crippen LogP contribution in [-0.2, 0) is 36.0 Å². The number of amides is 2. The van der Waals surface area contributed by atoms with E-state index in [2.05, 4.69) is 11.5 Å². The summed E-state index contributed by atoms with van der Waals surface area (Å²) in [6.45, 7) is 0. The molecule has 2 amide bonds. The van der Waals surface area contributed by atoms with Crippen molar-refractivity contribution in [2.75, 3.05) is 0 Å². The minimum atomic E-state index is -1.58. The third-order valence-electron chi connectivity index (χ3n) is 1.38. The molecule has 0 aliphatic heterocycles. The number of carboxylic acids is 2. The molecule has 11 heteroatoms. The second-order valence-corrected chi connectivity index (χ2v) is 3.08. The summed E-state index contributed by atoms with van der Waals surface area (Å²) in [5.74, 6) is -4.76. The van der Waals surface area contributed by atoms with Crippen LogP contribution >= 0.6 is 0 Å². The van der Waals surface area contributed by atoms with E-state index in [9.17, 15) is 29.4 Å². The van der Waals surface area contributed by atoms with Crippen LogP contribution in [0.25, 0.3) is 11.5 Å². The first-order chi connectivity index (χ1) is 8.07. The molecule has 0 saturated carbocycles. The second-order valence-electron chi connectivity index (χ2n) is 3.08. The molecule has 0 saturated heterocycles. The van der Waals surface area contributed by atoms with Crippen LogP contribution in [0, 0.1) is 0 Å². The van der Waals surface area contributed by atoms with Gasteiger partial charge in [0.2, 0.25) is 11.8 Å². The Balaban J connectivity index is -0.000000256. The van der Waals surface area contributed by atoms with Crippen molar-refractivity contribution >= 4 is 23.8 Å². The third-order valence-corrected chi connectivity index (χ3v) is 1.38. The molecule has 0 spiro atoms. The van der Waals surface area contributed by atoms with Crippen molar-refractivity contribution in [1.29, 1.82) is 0 Å². The van der Waals surface area contributed by atoms with E-state index in [0.29, 0.717) is 0 Å². The number of nitrogens with two attached hydrogens (primary N) is 2. The van der Waals surface area contributed by atoms with Gasteiger partial charge in [-0.15, -0.1) is 0 Å². The zero-order valence-electron chi connectivity index (χ0n) is 9.51. The van der Waals surface area contributed by atoms with Gasteiger partial charge in [0, 0.05) is 24.8 Å². The van der Waals surface area contributed by atoms with E-state index in [4.69, 9.17) is 11.5 Å². The van der Waals surface area contributed by atoms with Crippen molar-refractivity contribution in [3.63, 3.8) is 0 Å². The summed E-state index contributed by atoms with van der Waals surface area (Å²) in [5.41, 5.74) is 22.4. The Kier molecular flexibility index (Phi) is 13.5. The van der Waals surface area contributed by atoms with Gasteiger partial charge >= 0.3 is 16.8 Å². The molecular formula is C8H12CoN4O6-2. The molecule has 111 valence electrons. The van der Waals surface area contributed by atoms with Gasteiger partial charge in [-0.1, -0.05) is 12.1 Å². The molecule has 2 unspecified atom stereocenters. The van der Waals surface area contributed by atoms with Gasteiger partial charge in [0.05, 0.1) is 0 Å². The molecule has 0 aliphatic rings. The number of rotatable bonds is 6. The van der Waals surface area contributed by atoms with E-state index >= 15 is 0 Å². The molecule has 0 bridgehead atoms. The van der Waals surface area contributed by atoms with Crippen LogP contribution in [0.2, 0.25) is 0 Å². The van der Waals surface area contributed by atoms with Gasteiger partial charge in [0.1, 0.15) is 0 Å². The molecule has 1 radical (unpaired) electrons. The summed E-state index contributed by atoms with van der Waals surface area (Å²) in [6, 6.07) is -3.05. The van der Waals surface area contributed by atoms with Gasteiger partial charge in [0.15, 0.2) is 0 Å². The molecule has 0 aromatic rings. The Morgan fingerprint density at radius 2 is 1.05 bits per heavy atom. The molecule has 0 aliphatic carbocycles. The summed E-state index contributed by atoms with van der Waals surface area (Å²) < 4.78 is 0. The first-order valence-electron chi connectivity index (χ1n) is 4.48. The van der Waals surface area contributed by atoms with E-state index in [1.165, 1.54) is 0 Å². The van der Waals surface area contributed by atoms with Gasteiger partial charge in [-0.2, -0.15) is 0 Å². The van der Waals surface area contributed by atoms with Crippen molar-refractivity contribution in [2.24, 2.45) is 11.5 Å². The number of nitrogens with one attached hydrogen (secondary N) is 2. The maximum absolute atomic E-state index is 9.93. The molecule has 0 aromatic carbocycles. The fourth-order valence-corrected chi connectivity index (χ4v) is 0.569. The minimum Gasteiger partial charge on any atom is -0.669 e. The standard InChI is InChI=1S/2C4H7N2O3.Co/c2*5-2(4(8)9)1-3(6)7;/h2*2,5H,1H2,(H2,6,7)(H,8,9);/q2*-1;+2/p-2. The van der Waals surface area contributed by atoms with Crippen molar-refractivity contribution < 1.29 is 46.2 Å². The normalized spacial score (nSPS) is 11.9. The monoisotopic (exact) mass is 319 g/mol. The number of carbonyl (C=O) groups is 4. The molecule has 0 rings (SSSR count). The largest absolute Gasteiger partial charge is 2.00 e. The SMILES string of the molecule is [Co+2].[NH-]C(CC(N)=O)C(=O)[O-].[NH-]C(CC(N)=O)C(=O)[O-]. The Labute approximate surface area is 118 Å². The first kappa shape index (κ1) is 22.5. The Morgan fingerprint density at radius 1 is 0.842 bits per heavy atom. The van der Waals surface area contributed by atoms with Crippen LogP contribution in [-0.4, -0.2) is 35.8 Å². The second kappa shape index (κ2) is 11.4. The zero-order valence-corrected chi connectivity index (χ0v) is 10.5. The minimum absolute atomic E-state index is 0. The number of primary amides is 2. The quantitative estimate of drug-likeness (QED) is 0.497. The number of aliphatic carboxylic acids is 2. The molecule has 19 heavy (non-hydrogen) atoms. The van der Waals surface area contributed by atoms with Gasteiger partial charge in [-0.3, -0.25) is 9.59 Å². The van der Waals surface area contributed by atoms with Crippen LogP contribution in [0.1, 0.15) is 12.8 Å². The molecule has 2 atom stereocenters. The number of carboxylic acid groups (broad SMARTS) is 2. The average molecular weight is 319 g/mol. The zero-order chi connectivity index (χ0) is 14.9. The van der Waals surface area contributed by atoms with E-state index in [0.717, 1.165) is 0 Å². The number of hydrogen-bond acceptors (Lipinski definition) is 6. The maximum atomic E-state index is 9.93. The van der Waals surface area contributed by atoms with Gasteiger partial charge in [-0.25, -0.2) is 0 Å². The van der Waals surface area contributed by atoms with E-state index in [-0.39, 0.29) is 16.8 Å². The summed E-state index contributed by atoms with van der Waals surface area (Å²) >= 11 is 0. The summed E-state index contributed by atoms with van der Waals surface area (Å²) in [4.78, 5) is 39.3.